The standard InChI is InChI=1S/C22H28N2O3/c1-5-6-7-20(22(25)26-4)27-19-13-12-18(14(2)15(19)3)16-8-10-17(11-9-16)21(23)24/h8-13,20H,5-7H2,1-4H3,(H3,23,24). The van der Waals surface area contributed by atoms with Crippen molar-refractivity contribution < 1.29 is 14.3 Å². The van der Waals surface area contributed by atoms with E-state index >= 15 is 0 Å². The molecule has 0 radical (unpaired) electrons. The maximum atomic E-state index is 12.0. The monoisotopic (exact) mass is 368 g/mol. The molecule has 27 heavy (non-hydrogen) atoms. The van der Waals surface area contributed by atoms with Crippen molar-refractivity contribution in [2.24, 2.45) is 5.73 Å². The van der Waals surface area contributed by atoms with Crippen molar-refractivity contribution in [1.82, 2.24) is 0 Å². The Balaban J connectivity index is 2.30. The number of benzene rings is 2. The largest absolute Gasteiger partial charge is 0.478 e. The molecule has 0 heterocycles. The Kier molecular flexibility index (Phi) is 6.99. The lowest BCUT2D eigenvalue weighted by Gasteiger charge is -2.20. The fraction of sp³-hybridized carbons (Fsp3) is 0.364. The van der Waals surface area contributed by atoms with Crippen LogP contribution in [-0.4, -0.2) is 25.0 Å². The van der Waals surface area contributed by atoms with Crippen molar-refractivity contribution in [2.45, 2.75) is 46.1 Å². The average Bonchev–Trinajstić information content (AvgIpc) is 2.67. The van der Waals surface area contributed by atoms with E-state index < -0.39 is 6.10 Å². The van der Waals surface area contributed by atoms with Gasteiger partial charge in [-0.25, -0.2) is 4.79 Å². The van der Waals surface area contributed by atoms with Gasteiger partial charge in [-0.05, 0) is 55.0 Å². The molecule has 0 spiro atoms. The van der Waals surface area contributed by atoms with Crippen molar-refractivity contribution in [3.8, 4) is 16.9 Å². The van der Waals surface area contributed by atoms with E-state index in [9.17, 15) is 4.79 Å². The molecule has 1 unspecified atom stereocenters. The molecule has 2 aromatic rings. The molecular weight excluding hydrogens is 340 g/mol. The number of nitrogen functional groups attached to an aromatic ring is 1. The van der Waals surface area contributed by atoms with Gasteiger partial charge in [0.05, 0.1) is 7.11 Å². The third kappa shape index (κ3) is 4.88. The smallest absolute Gasteiger partial charge is 0.347 e. The third-order valence-corrected chi connectivity index (χ3v) is 4.80. The van der Waals surface area contributed by atoms with Crippen LogP contribution in [0.3, 0.4) is 0 Å². The van der Waals surface area contributed by atoms with Crippen LogP contribution < -0.4 is 10.5 Å². The number of amidine groups is 1. The molecule has 0 aliphatic heterocycles. The first kappa shape index (κ1) is 20.5. The number of unbranched alkanes of at least 4 members (excludes halogenated alkanes) is 1. The maximum absolute atomic E-state index is 12.0. The topological polar surface area (TPSA) is 85.4 Å². The van der Waals surface area contributed by atoms with E-state index in [1.807, 2.05) is 50.2 Å². The quantitative estimate of drug-likeness (QED) is 0.412. The van der Waals surface area contributed by atoms with Crippen molar-refractivity contribution in [2.75, 3.05) is 7.11 Å². The van der Waals surface area contributed by atoms with Crippen LogP contribution in [0.2, 0.25) is 0 Å². The molecule has 0 aliphatic rings. The van der Waals surface area contributed by atoms with Gasteiger partial charge in [-0.15, -0.1) is 0 Å². The number of methoxy groups -OCH3 is 1. The molecule has 0 saturated heterocycles. The fourth-order valence-corrected chi connectivity index (χ4v) is 2.96. The van der Waals surface area contributed by atoms with Gasteiger partial charge in [0, 0.05) is 5.56 Å². The first-order valence-corrected chi connectivity index (χ1v) is 9.18. The van der Waals surface area contributed by atoms with Crippen molar-refractivity contribution in [3.05, 3.63) is 53.1 Å². The van der Waals surface area contributed by atoms with E-state index in [4.69, 9.17) is 20.6 Å². The van der Waals surface area contributed by atoms with Crippen molar-refractivity contribution in [3.63, 3.8) is 0 Å². The highest BCUT2D eigenvalue weighted by molar-refractivity contribution is 5.95. The van der Waals surface area contributed by atoms with E-state index in [-0.39, 0.29) is 11.8 Å². The lowest BCUT2D eigenvalue weighted by atomic mass is 9.95. The predicted molar refractivity (Wildman–Crippen MR) is 108 cm³/mol. The number of esters is 1. The van der Waals surface area contributed by atoms with Crippen LogP contribution in [0.4, 0.5) is 0 Å². The van der Waals surface area contributed by atoms with E-state index in [0.29, 0.717) is 17.7 Å². The molecule has 0 saturated carbocycles. The molecule has 144 valence electrons. The lowest BCUT2D eigenvalue weighted by molar-refractivity contribution is -0.149. The highest BCUT2D eigenvalue weighted by Gasteiger charge is 2.22. The van der Waals surface area contributed by atoms with Crippen LogP contribution in [0.25, 0.3) is 11.1 Å². The van der Waals surface area contributed by atoms with Gasteiger partial charge in [0.1, 0.15) is 11.6 Å². The third-order valence-electron chi connectivity index (χ3n) is 4.80. The summed E-state index contributed by atoms with van der Waals surface area (Å²) in [7, 11) is 1.39. The Bertz CT molecular complexity index is 813. The molecule has 0 aliphatic carbocycles. The Labute approximate surface area is 161 Å². The SMILES string of the molecule is CCCCC(Oc1ccc(-c2ccc(C(=N)N)cc2)c(C)c1C)C(=O)OC. The van der Waals surface area contributed by atoms with Gasteiger partial charge >= 0.3 is 5.97 Å². The number of ether oxygens (including phenoxy) is 2. The summed E-state index contributed by atoms with van der Waals surface area (Å²) in [5, 5.41) is 7.50. The van der Waals surface area contributed by atoms with E-state index in [2.05, 4.69) is 6.92 Å². The Morgan fingerprint density at radius 3 is 2.33 bits per heavy atom. The van der Waals surface area contributed by atoms with E-state index in [1.54, 1.807) is 0 Å². The van der Waals surface area contributed by atoms with Crippen LogP contribution in [0.15, 0.2) is 36.4 Å². The normalized spacial score (nSPS) is 11.7. The number of nitrogens with two attached hydrogens (primary N) is 1. The van der Waals surface area contributed by atoms with Crippen LogP contribution >= 0.6 is 0 Å². The Morgan fingerprint density at radius 2 is 1.78 bits per heavy atom. The Hall–Kier alpha value is -2.82. The zero-order chi connectivity index (χ0) is 20.0. The zero-order valence-electron chi connectivity index (χ0n) is 16.5. The molecule has 2 aromatic carbocycles. The number of hydrogen-bond donors (Lipinski definition) is 2. The summed E-state index contributed by atoms with van der Waals surface area (Å²) < 4.78 is 10.9. The molecular formula is C22H28N2O3. The van der Waals surface area contributed by atoms with Gasteiger partial charge in [0.2, 0.25) is 0 Å². The summed E-state index contributed by atoms with van der Waals surface area (Å²) in [6.45, 7) is 6.11. The van der Waals surface area contributed by atoms with Crippen molar-refractivity contribution in [1.29, 1.82) is 5.41 Å². The van der Waals surface area contributed by atoms with Crippen LogP contribution in [0.5, 0.6) is 5.75 Å². The van der Waals surface area contributed by atoms with Crippen LogP contribution in [0, 0.1) is 19.3 Å². The highest BCUT2D eigenvalue weighted by Crippen LogP contribution is 2.32. The maximum Gasteiger partial charge on any atom is 0.347 e. The number of hydrogen-bond acceptors (Lipinski definition) is 4. The summed E-state index contributed by atoms with van der Waals surface area (Å²) in [6.07, 6.45) is 1.94. The lowest BCUT2D eigenvalue weighted by Crippen LogP contribution is -2.28. The minimum absolute atomic E-state index is 0.0548. The second-order valence-corrected chi connectivity index (χ2v) is 6.62. The minimum Gasteiger partial charge on any atom is -0.478 e. The average molecular weight is 368 g/mol. The molecule has 0 aromatic heterocycles. The molecule has 1 atom stereocenters. The summed E-state index contributed by atoms with van der Waals surface area (Å²) in [6, 6.07) is 11.5. The zero-order valence-corrected chi connectivity index (χ0v) is 16.5. The first-order valence-electron chi connectivity index (χ1n) is 9.18. The number of rotatable bonds is 8. The van der Waals surface area contributed by atoms with Crippen molar-refractivity contribution >= 4 is 11.8 Å². The summed E-state index contributed by atoms with van der Waals surface area (Å²) >= 11 is 0. The van der Waals surface area contributed by atoms with Gasteiger partial charge in [-0.3, -0.25) is 5.41 Å². The number of nitrogens with one attached hydrogen (secondary N) is 1. The van der Waals surface area contributed by atoms with Gasteiger partial charge in [-0.1, -0.05) is 43.7 Å². The molecule has 0 bridgehead atoms. The molecule has 5 heteroatoms. The molecule has 3 N–H and O–H groups in total. The first-order chi connectivity index (χ1) is 12.9. The van der Waals surface area contributed by atoms with E-state index in [0.717, 1.165) is 35.1 Å². The molecule has 0 amide bonds. The Morgan fingerprint density at radius 1 is 1.11 bits per heavy atom. The van der Waals surface area contributed by atoms with E-state index in [1.165, 1.54) is 7.11 Å². The van der Waals surface area contributed by atoms with Gasteiger partial charge in [0.15, 0.2) is 6.10 Å². The fourth-order valence-electron chi connectivity index (χ4n) is 2.96. The summed E-state index contributed by atoms with van der Waals surface area (Å²) in [5.41, 5.74) is 10.4. The second kappa shape index (κ2) is 9.21. The number of carbonyl (C=O) groups excluding carboxylic acids is 1. The van der Waals surface area contributed by atoms with Crippen LogP contribution in [-0.2, 0) is 9.53 Å². The van der Waals surface area contributed by atoms with Gasteiger partial charge in [0.25, 0.3) is 0 Å². The number of carbonyl (C=O) groups is 1. The van der Waals surface area contributed by atoms with Gasteiger partial charge in [-0.2, -0.15) is 0 Å². The second-order valence-electron chi connectivity index (χ2n) is 6.62. The molecule has 2 rings (SSSR count). The highest BCUT2D eigenvalue weighted by atomic mass is 16.6. The van der Waals surface area contributed by atoms with Gasteiger partial charge < -0.3 is 15.2 Å². The summed E-state index contributed by atoms with van der Waals surface area (Å²) in [4.78, 5) is 12.0. The minimum atomic E-state index is -0.589. The van der Waals surface area contributed by atoms with Crippen LogP contribution in [0.1, 0.15) is 42.9 Å². The predicted octanol–water partition coefficient (Wildman–Crippen LogP) is 4.37. The molecule has 0 fully saturated rings. The molecule has 5 nitrogen and oxygen atoms in total. The summed E-state index contributed by atoms with van der Waals surface area (Å²) in [5.74, 6) is 0.409.